The van der Waals surface area contributed by atoms with Crippen molar-refractivity contribution in [3.05, 3.63) is 40.9 Å². The first-order chi connectivity index (χ1) is 12.6. The Balaban J connectivity index is 1.61. The number of guanidine groups is 1. The van der Waals surface area contributed by atoms with Crippen molar-refractivity contribution in [3.8, 4) is 10.6 Å². The van der Waals surface area contributed by atoms with Crippen LogP contribution >= 0.6 is 11.3 Å². The molecule has 0 unspecified atom stereocenters. The minimum absolute atomic E-state index is 0.140. The minimum Gasteiger partial charge on any atom is -0.351 e. The number of hydrogen-bond acceptors (Lipinski definition) is 4. The molecule has 1 amide bonds. The first-order valence-electron chi connectivity index (χ1n) is 8.81. The highest BCUT2D eigenvalue weighted by atomic mass is 32.1. The molecule has 0 spiro atoms. The summed E-state index contributed by atoms with van der Waals surface area (Å²) in [5.74, 6) is 1.02. The number of thiazole rings is 1. The van der Waals surface area contributed by atoms with E-state index in [1.165, 1.54) is 4.88 Å². The fourth-order valence-corrected chi connectivity index (χ4v) is 4.03. The van der Waals surface area contributed by atoms with Gasteiger partial charge in [-0.3, -0.25) is 9.79 Å². The Morgan fingerprint density at radius 2 is 1.85 bits per heavy atom. The van der Waals surface area contributed by atoms with E-state index < -0.39 is 0 Å². The van der Waals surface area contributed by atoms with Gasteiger partial charge in [0.25, 0.3) is 0 Å². The van der Waals surface area contributed by atoms with E-state index in [1.54, 1.807) is 25.3 Å². The predicted octanol–water partition coefficient (Wildman–Crippen LogP) is 2.36. The molecule has 1 saturated heterocycles. The molecule has 2 aromatic rings. The van der Waals surface area contributed by atoms with Crippen LogP contribution in [0.3, 0.4) is 0 Å². The molecular formula is C19H25N5OS. The van der Waals surface area contributed by atoms with E-state index in [1.807, 2.05) is 30.0 Å². The fraction of sp³-hybridized carbons (Fsp3) is 0.421. The van der Waals surface area contributed by atoms with Gasteiger partial charge in [-0.25, -0.2) is 4.98 Å². The lowest BCUT2D eigenvalue weighted by Gasteiger charge is -2.36. The average molecular weight is 372 g/mol. The van der Waals surface area contributed by atoms with Crippen LogP contribution in [0.4, 0.5) is 0 Å². The first-order valence-corrected chi connectivity index (χ1v) is 9.63. The van der Waals surface area contributed by atoms with Crippen LogP contribution in [0.5, 0.6) is 0 Å². The molecule has 0 atom stereocenters. The number of carbonyl (C=O) groups excluding carboxylic acids is 1. The minimum atomic E-state index is 0.140. The van der Waals surface area contributed by atoms with E-state index >= 15 is 0 Å². The standard InChI is InChI=1S/C19H25N5OS/c1-14-17(26-18(22-14)16-7-5-4-6-8-16)13-21-19(20-3)24-11-9-23(10-12-24)15(2)25/h4-8H,9-13H2,1-3H3,(H,20,21). The molecule has 0 radical (unpaired) electrons. The summed E-state index contributed by atoms with van der Waals surface area (Å²) in [6, 6.07) is 10.3. The van der Waals surface area contributed by atoms with Gasteiger partial charge in [-0.15, -0.1) is 11.3 Å². The number of piperazine rings is 1. The Bertz CT molecular complexity index is 778. The number of hydrogen-bond donors (Lipinski definition) is 1. The number of aryl methyl sites for hydroxylation is 1. The van der Waals surface area contributed by atoms with Gasteiger partial charge in [0, 0.05) is 50.6 Å². The van der Waals surface area contributed by atoms with Crippen LogP contribution in [0.25, 0.3) is 10.6 Å². The van der Waals surface area contributed by atoms with Gasteiger partial charge in [-0.1, -0.05) is 30.3 Å². The van der Waals surface area contributed by atoms with Crippen molar-refractivity contribution in [3.63, 3.8) is 0 Å². The van der Waals surface area contributed by atoms with Crippen molar-refractivity contribution in [2.75, 3.05) is 33.2 Å². The molecule has 3 rings (SSSR count). The van der Waals surface area contributed by atoms with Crippen molar-refractivity contribution in [1.82, 2.24) is 20.1 Å². The monoisotopic (exact) mass is 371 g/mol. The zero-order valence-corrected chi connectivity index (χ0v) is 16.3. The molecule has 2 heterocycles. The van der Waals surface area contributed by atoms with Crippen molar-refractivity contribution in [1.29, 1.82) is 0 Å². The van der Waals surface area contributed by atoms with Crippen molar-refractivity contribution in [2.45, 2.75) is 20.4 Å². The van der Waals surface area contributed by atoms with Gasteiger partial charge in [-0.2, -0.15) is 0 Å². The molecule has 7 heteroatoms. The maximum absolute atomic E-state index is 11.5. The number of amides is 1. The third-order valence-electron chi connectivity index (χ3n) is 4.56. The van der Waals surface area contributed by atoms with E-state index in [9.17, 15) is 4.79 Å². The molecule has 1 aliphatic heterocycles. The van der Waals surface area contributed by atoms with Crippen LogP contribution in [0, 0.1) is 6.92 Å². The molecule has 1 N–H and O–H groups in total. The number of aromatic nitrogens is 1. The molecule has 0 aliphatic carbocycles. The average Bonchev–Trinajstić information content (AvgIpc) is 3.04. The van der Waals surface area contributed by atoms with Crippen LogP contribution in [-0.4, -0.2) is 59.9 Å². The van der Waals surface area contributed by atoms with Crippen LogP contribution in [0.1, 0.15) is 17.5 Å². The molecule has 0 saturated carbocycles. The quantitative estimate of drug-likeness (QED) is 0.665. The summed E-state index contributed by atoms with van der Waals surface area (Å²) in [6.45, 7) is 7.47. The van der Waals surface area contributed by atoms with Crippen LogP contribution < -0.4 is 5.32 Å². The molecule has 6 nitrogen and oxygen atoms in total. The third kappa shape index (κ3) is 4.22. The molecule has 26 heavy (non-hydrogen) atoms. The Kier molecular flexibility index (Phi) is 5.88. The van der Waals surface area contributed by atoms with E-state index in [-0.39, 0.29) is 5.91 Å². The summed E-state index contributed by atoms with van der Waals surface area (Å²) < 4.78 is 0. The Hall–Kier alpha value is -2.41. The van der Waals surface area contributed by atoms with Crippen LogP contribution in [0.2, 0.25) is 0 Å². The Morgan fingerprint density at radius 3 is 2.46 bits per heavy atom. The highest BCUT2D eigenvalue weighted by molar-refractivity contribution is 7.15. The fourth-order valence-electron chi connectivity index (χ4n) is 3.02. The SMILES string of the molecule is CN=C(NCc1sc(-c2ccccc2)nc1C)N1CCN(C(C)=O)CC1. The van der Waals surface area contributed by atoms with Crippen LogP contribution in [0.15, 0.2) is 35.3 Å². The first kappa shape index (κ1) is 18.4. The summed E-state index contributed by atoms with van der Waals surface area (Å²) in [5, 5.41) is 4.49. The zero-order valence-electron chi connectivity index (χ0n) is 15.5. The normalized spacial score (nSPS) is 15.3. The molecule has 1 aliphatic rings. The molecular weight excluding hydrogens is 346 g/mol. The lowest BCUT2D eigenvalue weighted by atomic mass is 10.2. The number of benzene rings is 1. The summed E-state index contributed by atoms with van der Waals surface area (Å²) in [6.07, 6.45) is 0. The Morgan fingerprint density at radius 1 is 1.19 bits per heavy atom. The van der Waals surface area contributed by atoms with E-state index in [2.05, 4.69) is 27.3 Å². The van der Waals surface area contributed by atoms with Crippen molar-refractivity contribution in [2.24, 2.45) is 4.99 Å². The van der Waals surface area contributed by atoms with Gasteiger partial charge in [0.15, 0.2) is 5.96 Å². The van der Waals surface area contributed by atoms with E-state index in [4.69, 9.17) is 4.98 Å². The summed E-state index contributed by atoms with van der Waals surface area (Å²) in [7, 11) is 1.80. The zero-order chi connectivity index (χ0) is 18.5. The Labute approximate surface area is 158 Å². The smallest absolute Gasteiger partial charge is 0.219 e. The highest BCUT2D eigenvalue weighted by Crippen LogP contribution is 2.27. The van der Waals surface area contributed by atoms with Gasteiger partial charge >= 0.3 is 0 Å². The molecule has 138 valence electrons. The van der Waals surface area contributed by atoms with Gasteiger partial charge in [0.1, 0.15) is 5.01 Å². The number of nitrogens with one attached hydrogen (secondary N) is 1. The predicted molar refractivity (Wildman–Crippen MR) is 106 cm³/mol. The maximum Gasteiger partial charge on any atom is 0.219 e. The number of nitrogens with zero attached hydrogens (tertiary/aromatic N) is 4. The van der Waals surface area contributed by atoms with E-state index in [0.29, 0.717) is 6.54 Å². The number of rotatable bonds is 3. The van der Waals surface area contributed by atoms with Gasteiger partial charge in [0.05, 0.1) is 12.2 Å². The van der Waals surface area contributed by atoms with Gasteiger partial charge in [-0.05, 0) is 6.92 Å². The lowest BCUT2D eigenvalue weighted by molar-refractivity contribution is -0.130. The molecule has 1 aromatic carbocycles. The molecule has 0 bridgehead atoms. The highest BCUT2D eigenvalue weighted by Gasteiger charge is 2.21. The summed E-state index contributed by atoms with van der Waals surface area (Å²) in [5.41, 5.74) is 2.20. The summed E-state index contributed by atoms with van der Waals surface area (Å²) >= 11 is 1.72. The van der Waals surface area contributed by atoms with Crippen molar-refractivity contribution < 1.29 is 4.79 Å². The van der Waals surface area contributed by atoms with E-state index in [0.717, 1.165) is 48.4 Å². The second-order valence-electron chi connectivity index (χ2n) is 6.29. The van der Waals surface area contributed by atoms with Gasteiger partial charge < -0.3 is 15.1 Å². The largest absolute Gasteiger partial charge is 0.351 e. The number of aliphatic imine (C=N–C) groups is 1. The second-order valence-corrected chi connectivity index (χ2v) is 7.37. The van der Waals surface area contributed by atoms with Crippen molar-refractivity contribution >= 4 is 23.2 Å². The summed E-state index contributed by atoms with van der Waals surface area (Å²) in [4.78, 5) is 25.9. The second kappa shape index (κ2) is 8.31. The molecule has 1 aromatic heterocycles. The maximum atomic E-state index is 11.5. The third-order valence-corrected chi connectivity index (χ3v) is 5.76. The van der Waals surface area contributed by atoms with Crippen LogP contribution in [-0.2, 0) is 11.3 Å². The topological polar surface area (TPSA) is 60.8 Å². The van der Waals surface area contributed by atoms with Gasteiger partial charge in [0.2, 0.25) is 5.91 Å². The lowest BCUT2D eigenvalue weighted by Crippen LogP contribution is -2.53. The molecule has 1 fully saturated rings. The number of carbonyl (C=O) groups is 1.